The second kappa shape index (κ2) is 20.4. The van der Waals surface area contributed by atoms with E-state index in [1.807, 2.05) is 41.6 Å². The molecule has 3 aromatic rings. The summed E-state index contributed by atoms with van der Waals surface area (Å²) in [6, 6.07) is 22.9. The van der Waals surface area contributed by atoms with Gasteiger partial charge in [-0.2, -0.15) is 0 Å². The third-order valence-electron chi connectivity index (χ3n) is 7.90. The molecule has 3 aromatic carbocycles. The molecule has 0 aliphatic carbocycles. The maximum atomic E-state index is 13.6. The topological polar surface area (TPSA) is 144 Å². The van der Waals surface area contributed by atoms with Crippen LogP contribution in [0.2, 0.25) is 0 Å². The molecular formula is C36H51N2O9PS. The molecule has 0 spiro atoms. The van der Waals surface area contributed by atoms with Crippen molar-refractivity contribution in [3.63, 3.8) is 0 Å². The molecule has 13 heteroatoms. The summed E-state index contributed by atoms with van der Waals surface area (Å²) >= 11 is 0. The van der Waals surface area contributed by atoms with Gasteiger partial charge < -0.3 is 34.1 Å². The van der Waals surface area contributed by atoms with Gasteiger partial charge in [-0.3, -0.25) is 4.57 Å². The van der Waals surface area contributed by atoms with E-state index < -0.39 is 37.1 Å². The van der Waals surface area contributed by atoms with E-state index in [0.717, 1.165) is 11.1 Å². The van der Waals surface area contributed by atoms with E-state index in [2.05, 4.69) is 19.2 Å². The smallest absolute Gasteiger partial charge is 0.407 e. The Labute approximate surface area is 293 Å². The molecule has 0 aliphatic heterocycles. The third kappa shape index (κ3) is 14.3. The SMILES string of the molecule is CC[C@H](CO)[C@H](C)OC(=O)N[C@H](CCN(CC(C)C)S(=O)c1ccc(OC)cc1)Cc1ccc(OCP(=O)(O)OCc2ccccc2)cc1. The molecule has 11 nitrogen and oxygen atoms in total. The average Bonchev–Trinajstić information content (AvgIpc) is 3.09. The fraction of sp³-hybridized carbons (Fsp3) is 0.472. The average molecular weight is 719 g/mol. The van der Waals surface area contributed by atoms with E-state index in [9.17, 15) is 23.6 Å². The first-order valence-electron chi connectivity index (χ1n) is 16.5. The number of amides is 1. The van der Waals surface area contributed by atoms with Crippen LogP contribution in [0.1, 0.15) is 51.7 Å². The Morgan fingerprint density at radius 1 is 0.959 bits per heavy atom. The molecule has 3 rings (SSSR count). The van der Waals surface area contributed by atoms with Crippen molar-refractivity contribution in [2.45, 2.75) is 70.6 Å². The van der Waals surface area contributed by atoms with E-state index in [1.165, 1.54) is 0 Å². The van der Waals surface area contributed by atoms with Crippen LogP contribution >= 0.6 is 7.60 Å². The molecule has 0 aliphatic rings. The number of methoxy groups -OCH3 is 1. The van der Waals surface area contributed by atoms with Crippen LogP contribution in [0.15, 0.2) is 83.8 Å². The summed E-state index contributed by atoms with van der Waals surface area (Å²) in [5.41, 5.74) is 1.66. The summed E-state index contributed by atoms with van der Waals surface area (Å²) in [7, 11) is -3.85. The van der Waals surface area contributed by atoms with Crippen LogP contribution in [0.25, 0.3) is 0 Å². The van der Waals surface area contributed by atoms with Gasteiger partial charge in [-0.05, 0) is 79.6 Å². The zero-order valence-corrected chi connectivity index (χ0v) is 30.7. The molecule has 0 saturated carbocycles. The Bertz CT molecular complexity index is 1470. The van der Waals surface area contributed by atoms with E-state index in [-0.39, 0.29) is 31.1 Å². The Hall–Kier alpha value is -3.25. The van der Waals surface area contributed by atoms with Crippen LogP contribution < -0.4 is 14.8 Å². The van der Waals surface area contributed by atoms with Crippen LogP contribution in [0, 0.1) is 11.8 Å². The maximum Gasteiger partial charge on any atom is 0.407 e. The molecule has 3 N–H and O–H groups in total. The number of aliphatic hydroxyl groups excluding tert-OH is 1. The zero-order valence-electron chi connectivity index (χ0n) is 29.0. The number of nitrogens with one attached hydrogen (secondary N) is 1. The number of rotatable bonds is 21. The lowest BCUT2D eigenvalue weighted by Gasteiger charge is -2.27. The molecule has 0 radical (unpaired) electrons. The number of carbonyl (C=O) groups excluding carboxylic acids is 1. The lowest BCUT2D eigenvalue weighted by atomic mass is 10.0. The number of hydrogen-bond donors (Lipinski definition) is 3. The monoisotopic (exact) mass is 718 g/mol. The van der Waals surface area contributed by atoms with Crippen LogP contribution in [-0.4, -0.2) is 69.9 Å². The second-order valence-electron chi connectivity index (χ2n) is 12.3. The summed E-state index contributed by atoms with van der Waals surface area (Å²) in [6.07, 6.45) is -0.00685. The summed E-state index contributed by atoms with van der Waals surface area (Å²) in [6.45, 7) is 8.73. The van der Waals surface area contributed by atoms with Gasteiger partial charge in [0.15, 0.2) is 6.35 Å². The number of ether oxygens (including phenoxy) is 3. The van der Waals surface area contributed by atoms with E-state index in [4.69, 9.17) is 18.7 Å². The van der Waals surface area contributed by atoms with Crippen LogP contribution in [0.3, 0.4) is 0 Å². The lowest BCUT2D eigenvalue weighted by molar-refractivity contribution is 0.0459. The standard InChI is InChI=1S/C36H51N2O9PS/c1-6-31(24-39)28(4)47-36(40)37-32(20-21-38(23-27(2)3)49(43)35-18-16-33(44-5)17-19-35)22-29-12-14-34(15-13-29)45-26-48(41,42)46-25-30-10-8-7-9-11-30/h7-19,27-28,31-32,39H,6,20-26H2,1-5H3,(H,37,40)(H,41,42)/t28-,31+,32+,49?/m0/s1. The normalized spacial score (nSPS) is 15.2. The molecule has 0 heterocycles. The van der Waals surface area contributed by atoms with Gasteiger partial charge in [0.05, 0.1) is 18.6 Å². The largest absolute Gasteiger partial charge is 0.497 e. The highest BCUT2D eigenvalue weighted by Crippen LogP contribution is 2.42. The Balaban J connectivity index is 1.69. The first kappa shape index (κ1) is 40.2. The van der Waals surface area contributed by atoms with Gasteiger partial charge in [0, 0.05) is 31.7 Å². The van der Waals surface area contributed by atoms with Crippen LogP contribution in [0.4, 0.5) is 4.79 Å². The van der Waals surface area contributed by atoms with E-state index >= 15 is 0 Å². The number of alkyl carbamates (subject to hydrolysis) is 1. The number of benzene rings is 3. The van der Waals surface area contributed by atoms with Gasteiger partial charge in [0.25, 0.3) is 0 Å². The van der Waals surface area contributed by atoms with Gasteiger partial charge in [0.1, 0.15) is 28.6 Å². The van der Waals surface area contributed by atoms with Crippen LogP contribution in [0.5, 0.6) is 11.5 Å². The molecule has 2 unspecified atom stereocenters. The van der Waals surface area contributed by atoms with Gasteiger partial charge >= 0.3 is 13.7 Å². The quantitative estimate of drug-likeness (QED) is 0.105. The van der Waals surface area contributed by atoms with E-state index in [1.54, 1.807) is 62.6 Å². The fourth-order valence-corrected chi connectivity index (χ4v) is 7.15. The predicted octanol–water partition coefficient (Wildman–Crippen LogP) is 6.55. The lowest BCUT2D eigenvalue weighted by Crippen LogP contribution is -2.42. The summed E-state index contributed by atoms with van der Waals surface area (Å²) in [5.74, 6) is 1.14. The number of aliphatic hydroxyl groups is 1. The third-order valence-corrected chi connectivity index (χ3v) is 10.4. The highest BCUT2D eigenvalue weighted by Gasteiger charge is 2.24. The molecule has 0 saturated heterocycles. The number of nitrogens with zero attached hydrogens (tertiary/aromatic N) is 1. The van der Waals surface area contributed by atoms with Gasteiger partial charge in [0.2, 0.25) is 0 Å². The van der Waals surface area contributed by atoms with Crippen molar-refractivity contribution in [1.82, 2.24) is 9.62 Å². The molecule has 0 aromatic heterocycles. The first-order chi connectivity index (χ1) is 23.4. The van der Waals surface area contributed by atoms with Crippen molar-refractivity contribution < 1.29 is 42.3 Å². The van der Waals surface area contributed by atoms with E-state index in [0.29, 0.717) is 48.7 Å². The highest BCUT2D eigenvalue weighted by atomic mass is 32.2. The van der Waals surface area contributed by atoms with Crippen molar-refractivity contribution in [2.24, 2.45) is 11.8 Å². The molecule has 270 valence electrons. The van der Waals surface area contributed by atoms with Crippen molar-refractivity contribution in [2.75, 3.05) is 33.2 Å². The van der Waals surface area contributed by atoms with Crippen LogP contribution in [-0.2, 0) is 37.8 Å². The highest BCUT2D eigenvalue weighted by molar-refractivity contribution is 7.82. The molecule has 0 bridgehead atoms. The minimum atomic E-state index is -4.00. The van der Waals surface area contributed by atoms with Crippen molar-refractivity contribution in [3.8, 4) is 11.5 Å². The van der Waals surface area contributed by atoms with Gasteiger partial charge in [-0.25, -0.2) is 13.3 Å². The summed E-state index contributed by atoms with van der Waals surface area (Å²) in [4.78, 5) is 23.9. The Kier molecular flexibility index (Phi) is 16.8. The minimum Gasteiger partial charge on any atom is -0.497 e. The molecular weight excluding hydrogens is 667 g/mol. The number of carbonyl (C=O) groups is 1. The maximum absolute atomic E-state index is 13.6. The van der Waals surface area contributed by atoms with Crippen molar-refractivity contribution in [1.29, 1.82) is 0 Å². The first-order valence-corrected chi connectivity index (χ1v) is 19.4. The number of hydrogen-bond acceptors (Lipinski definition) is 8. The summed E-state index contributed by atoms with van der Waals surface area (Å²) < 4.78 is 49.7. The molecule has 0 fully saturated rings. The Morgan fingerprint density at radius 2 is 1.61 bits per heavy atom. The van der Waals surface area contributed by atoms with Crippen molar-refractivity contribution >= 4 is 24.7 Å². The zero-order chi connectivity index (χ0) is 35.8. The molecule has 1 amide bonds. The summed E-state index contributed by atoms with van der Waals surface area (Å²) in [5, 5.41) is 12.6. The fourth-order valence-electron chi connectivity index (χ4n) is 5.04. The van der Waals surface area contributed by atoms with Gasteiger partial charge in [-0.1, -0.05) is 63.2 Å². The van der Waals surface area contributed by atoms with Gasteiger partial charge in [-0.15, -0.1) is 0 Å². The predicted molar refractivity (Wildman–Crippen MR) is 191 cm³/mol. The molecule has 5 atom stereocenters. The Morgan fingerprint density at radius 3 is 2.20 bits per heavy atom. The second-order valence-corrected chi connectivity index (χ2v) is 15.6. The van der Waals surface area contributed by atoms with Crippen molar-refractivity contribution in [3.05, 3.63) is 90.0 Å². The minimum absolute atomic E-state index is 0.00605. The molecule has 49 heavy (non-hydrogen) atoms.